The summed E-state index contributed by atoms with van der Waals surface area (Å²) in [4.78, 5) is 4.79. The molecule has 2 heterocycles. The zero-order valence-electron chi connectivity index (χ0n) is 11.9. The van der Waals surface area contributed by atoms with Gasteiger partial charge in [-0.05, 0) is 40.4 Å². The van der Waals surface area contributed by atoms with Crippen molar-refractivity contribution in [1.82, 2.24) is 9.80 Å². The fourth-order valence-electron chi connectivity index (χ4n) is 2.97. The molecule has 1 fully saturated rings. The van der Waals surface area contributed by atoms with Crippen LogP contribution in [0.15, 0.2) is 16.7 Å². The van der Waals surface area contributed by atoms with Gasteiger partial charge in [0.15, 0.2) is 0 Å². The van der Waals surface area contributed by atoms with Gasteiger partial charge in [-0.1, -0.05) is 0 Å². The van der Waals surface area contributed by atoms with E-state index in [0.29, 0.717) is 12.6 Å². The number of furan rings is 1. The van der Waals surface area contributed by atoms with Crippen molar-refractivity contribution in [1.29, 1.82) is 0 Å². The first kappa shape index (κ1) is 13.6. The molecule has 1 aromatic rings. The molecular formula is C14H25N3O. The van der Waals surface area contributed by atoms with E-state index >= 15 is 0 Å². The Hall–Kier alpha value is -0.840. The van der Waals surface area contributed by atoms with Crippen LogP contribution >= 0.6 is 0 Å². The fourth-order valence-corrected chi connectivity index (χ4v) is 2.97. The van der Waals surface area contributed by atoms with Crippen LogP contribution < -0.4 is 5.73 Å². The van der Waals surface area contributed by atoms with Gasteiger partial charge in [-0.15, -0.1) is 0 Å². The minimum Gasteiger partial charge on any atom is -0.469 e. The van der Waals surface area contributed by atoms with E-state index in [1.165, 1.54) is 5.56 Å². The standard InChI is InChI=1S/C14H25N3O/c1-11-7-14(9-15,10-16(11)3)17(4)8-13-5-6-18-12(13)2/h5-6,11H,7-10,15H2,1-4H3. The van der Waals surface area contributed by atoms with Crippen LogP contribution in [0.4, 0.5) is 0 Å². The van der Waals surface area contributed by atoms with Gasteiger partial charge in [0.05, 0.1) is 6.26 Å². The quantitative estimate of drug-likeness (QED) is 0.879. The highest BCUT2D eigenvalue weighted by Crippen LogP contribution is 2.31. The van der Waals surface area contributed by atoms with Gasteiger partial charge in [-0.2, -0.15) is 0 Å². The Morgan fingerprint density at radius 3 is 2.78 bits per heavy atom. The SMILES string of the molecule is Cc1occc1CN(C)C1(CN)CC(C)N(C)C1. The molecule has 2 N–H and O–H groups in total. The molecule has 18 heavy (non-hydrogen) atoms. The summed E-state index contributed by atoms with van der Waals surface area (Å²) < 4.78 is 5.37. The lowest BCUT2D eigenvalue weighted by atomic mass is 9.94. The zero-order valence-corrected chi connectivity index (χ0v) is 11.9. The van der Waals surface area contributed by atoms with Crippen molar-refractivity contribution in [3.05, 3.63) is 23.7 Å². The van der Waals surface area contributed by atoms with Gasteiger partial charge in [-0.3, -0.25) is 4.90 Å². The predicted molar refractivity (Wildman–Crippen MR) is 73.4 cm³/mol. The van der Waals surface area contributed by atoms with Crippen LogP contribution in [0.25, 0.3) is 0 Å². The molecule has 0 spiro atoms. The number of aryl methyl sites for hydroxylation is 1. The Bertz CT molecular complexity index is 391. The minimum absolute atomic E-state index is 0.0951. The number of nitrogens with zero attached hydrogens (tertiary/aromatic N) is 2. The maximum Gasteiger partial charge on any atom is 0.105 e. The molecule has 2 atom stereocenters. The minimum atomic E-state index is 0.0951. The Morgan fingerprint density at radius 1 is 1.61 bits per heavy atom. The average molecular weight is 251 g/mol. The molecule has 0 saturated carbocycles. The third kappa shape index (κ3) is 2.32. The van der Waals surface area contributed by atoms with Crippen molar-refractivity contribution in [2.75, 3.05) is 27.2 Å². The van der Waals surface area contributed by atoms with Crippen LogP contribution in [0, 0.1) is 6.92 Å². The van der Waals surface area contributed by atoms with Crippen molar-refractivity contribution in [3.8, 4) is 0 Å². The van der Waals surface area contributed by atoms with Gasteiger partial charge in [-0.25, -0.2) is 0 Å². The van der Waals surface area contributed by atoms with Gasteiger partial charge in [0.2, 0.25) is 0 Å². The molecule has 2 unspecified atom stereocenters. The van der Waals surface area contributed by atoms with Crippen molar-refractivity contribution in [2.45, 2.75) is 38.4 Å². The van der Waals surface area contributed by atoms with Crippen LogP contribution in [-0.2, 0) is 6.54 Å². The van der Waals surface area contributed by atoms with Gasteiger partial charge in [0, 0.05) is 36.8 Å². The van der Waals surface area contributed by atoms with Gasteiger partial charge < -0.3 is 15.1 Å². The second kappa shape index (κ2) is 5.03. The molecule has 2 rings (SSSR count). The summed E-state index contributed by atoms with van der Waals surface area (Å²) in [7, 11) is 4.35. The number of rotatable bonds is 4. The smallest absolute Gasteiger partial charge is 0.105 e. The first-order chi connectivity index (χ1) is 8.48. The van der Waals surface area contributed by atoms with E-state index in [-0.39, 0.29) is 5.54 Å². The molecule has 1 saturated heterocycles. The largest absolute Gasteiger partial charge is 0.469 e. The number of likely N-dealkylation sites (tertiary alicyclic amines) is 1. The summed E-state index contributed by atoms with van der Waals surface area (Å²) >= 11 is 0. The third-order valence-corrected chi connectivity index (χ3v) is 4.54. The monoisotopic (exact) mass is 251 g/mol. The summed E-state index contributed by atoms with van der Waals surface area (Å²) in [6.07, 6.45) is 2.89. The Labute approximate surface area is 110 Å². The summed E-state index contributed by atoms with van der Waals surface area (Å²) in [5.41, 5.74) is 7.42. The van der Waals surface area contributed by atoms with E-state index in [0.717, 1.165) is 25.3 Å². The molecule has 0 amide bonds. The second-order valence-corrected chi connectivity index (χ2v) is 5.75. The second-order valence-electron chi connectivity index (χ2n) is 5.75. The lowest BCUT2D eigenvalue weighted by molar-refractivity contribution is 0.125. The Balaban J connectivity index is 2.11. The van der Waals surface area contributed by atoms with E-state index in [4.69, 9.17) is 10.2 Å². The van der Waals surface area contributed by atoms with E-state index in [1.54, 1.807) is 6.26 Å². The van der Waals surface area contributed by atoms with Gasteiger partial charge in [0.25, 0.3) is 0 Å². The average Bonchev–Trinajstić information content (AvgIpc) is 2.86. The first-order valence-electron chi connectivity index (χ1n) is 6.63. The summed E-state index contributed by atoms with van der Waals surface area (Å²) in [6.45, 7) is 6.93. The fraction of sp³-hybridized carbons (Fsp3) is 0.714. The Kier molecular flexibility index (Phi) is 3.80. The maximum atomic E-state index is 6.07. The molecule has 0 aromatic carbocycles. The van der Waals surface area contributed by atoms with E-state index in [9.17, 15) is 0 Å². The molecule has 1 aromatic heterocycles. The van der Waals surface area contributed by atoms with Gasteiger partial charge >= 0.3 is 0 Å². The number of nitrogens with two attached hydrogens (primary N) is 1. The van der Waals surface area contributed by atoms with Crippen molar-refractivity contribution >= 4 is 0 Å². The van der Waals surface area contributed by atoms with Crippen LogP contribution in [0.1, 0.15) is 24.7 Å². The summed E-state index contributed by atoms with van der Waals surface area (Å²) in [6, 6.07) is 2.65. The van der Waals surface area contributed by atoms with Crippen molar-refractivity contribution in [2.24, 2.45) is 5.73 Å². The molecule has 4 heteroatoms. The highest BCUT2D eigenvalue weighted by atomic mass is 16.3. The molecule has 0 bridgehead atoms. The van der Waals surface area contributed by atoms with Crippen LogP contribution in [0.2, 0.25) is 0 Å². The molecule has 4 nitrogen and oxygen atoms in total. The van der Waals surface area contributed by atoms with E-state index in [2.05, 4.69) is 36.9 Å². The molecule has 0 aliphatic carbocycles. The van der Waals surface area contributed by atoms with Crippen LogP contribution in [0.3, 0.4) is 0 Å². The maximum absolute atomic E-state index is 6.07. The lowest BCUT2D eigenvalue weighted by Gasteiger charge is -2.37. The number of hydrogen-bond donors (Lipinski definition) is 1. The zero-order chi connectivity index (χ0) is 13.3. The van der Waals surface area contributed by atoms with Crippen LogP contribution in [0.5, 0.6) is 0 Å². The van der Waals surface area contributed by atoms with Crippen molar-refractivity contribution in [3.63, 3.8) is 0 Å². The first-order valence-corrected chi connectivity index (χ1v) is 6.63. The van der Waals surface area contributed by atoms with E-state index < -0.39 is 0 Å². The normalized spacial score (nSPS) is 29.3. The Morgan fingerprint density at radius 2 is 2.33 bits per heavy atom. The van der Waals surface area contributed by atoms with Crippen LogP contribution in [-0.4, -0.2) is 48.6 Å². The molecule has 1 aliphatic heterocycles. The number of likely N-dealkylation sites (N-methyl/N-ethyl adjacent to an activating group) is 2. The highest BCUT2D eigenvalue weighted by Gasteiger charge is 2.42. The highest BCUT2D eigenvalue weighted by molar-refractivity contribution is 5.16. The predicted octanol–water partition coefficient (Wildman–Crippen LogP) is 1.44. The third-order valence-electron chi connectivity index (χ3n) is 4.54. The molecule has 102 valence electrons. The lowest BCUT2D eigenvalue weighted by Crippen LogP contribution is -2.53. The van der Waals surface area contributed by atoms with E-state index in [1.807, 2.05) is 6.92 Å². The topological polar surface area (TPSA) is 45.6 Å². The summed E-state index contributed by atoms with van der Waals surface area (Å²) in [5, 5.41) is 0. The molecular weight excluding hydrogens is 226 g/mol. The summed E-state index contributed by atoms with van der Waals surface area (Å²) in [5.74, 6) is 1.01. The number of hydrogen-bond acceptors (Lipinski definition) is 4. The molecule has 0 radical (unpaired) electrons. The molecule has 1 aliphatic rings. The van der Waals surface area contributed by atoms with Crippen molar-refractivity contribution < 1.29 is 4.42 Å². The van der Waals surface area contributed by atoms with Gasteiger partial charge in [0.1, 0.15) is 5.76 Å².